The minimum Gasteiger partial charge on any atom is -0.381 e. The normalized spacial score (nSPS) is 36.4. The van der Waals surface area contributed by atoms with Gasteiger partial charge in [-0.25, -0.2) is 0 Å². The van der Waals surface area contributed by atoms with E-state index >= 15 is 0 Å². The van der Waals surface area contributed by atoms with Crippen molar-refractivity contribution in [2.75, 3.05) is 20.2 Å². The van der Waals surface area contributed by atoms with E-state index in [1.807, 2.05) is 0 Å². The van der Waals surface area contributed by atoms with Crippen molar-refractivity contribution < 1.29 is 9.53 Å². The van der Waals surface area contributed by atoms with Crippen molar-refractivity contribution in [2.24, 2.45) is 5.73 Å². The van der Waals surface area contributed by atoms with Crippen LogP contribution in [0.4, 0.5) is 0 Å². The zero-order valence-corrected chi connectivity index (χ0v) is 12.4. The van der Waals surface area contributed by atoms with Crippen LogP contribution in [0.3, 0.4) is 0 Å². The molecule has 3 rings (SSSR count). The molecule has 3 aliphatic rings. The third-order valence-electron chi connectivity index (χ3n) is 5.34. The predicted octanol–water partition coefficient (Wildman–Crippen LogP) is 0.626. The first-order valence-electron chi connectivity index (χ1n) is 7.97. The summed E-state index contributed by atoms with van der Waals surface area (Å²) in [5, 5.41) is 3.53. The lowest BCUT2D eigenvalue weighted by atomic mass is 9.95. The Labute approximate surface area is 121 Å². The standard InChI is InChI=1S/C15H27N3O2/c1-20-13-5-8-18(9-6-13)12-4-7-15(10-12,14(16)19)17-11-2-3-11/h11-13,17H,2-10H2,1H3,(H2,16,19). The van der Waals surface area contributed by atoms with Crippen LogP contribution in [0.15, 0.2) is 0 Å². The van der Waals surface area contributed by atoms with Crippen LogP contribution in [0.5, 0.6) is 0 Å². The number of piperidine rings is 1. The Morgan fingerprint density at radius 3 is 2.50 bits per heavy atom. The molecule has 3 fully saturated rings. The minimum atomic E-state index is -0.441. The fourth-order valence-electron chi connectivity index (χ4n) is 3.85. The van der Waals surface area contributed by atoms with Crippen LogP contribution < -0.4 is 11.1 Å². The zero-order chi connectivity index (χ0) is 14.2. The summed E-state index contributed by atoms with van der Waals surface area (Å²) in [6, 6.07) is 1.03. The second-order valence-corrected chi connectivity index (χ2v) is 6.73. The number of amides is 1. The highest BCUT2D eigenvalue weighted by atomic mass is 16.5. The van der Waals surface area contributed by atoms with Crippen molar-refractivity contribution in [3.05, 3.63) is 0 Å². The lowest BCUT2D eigenvalue weighted by molar-refractivity contribution is -0.124. The summed E-state index contributed by atoms with van der Waals surface area (Å²) >= 11 is 0. The van der Waals surface area contributed by atoms with Gasteiger partial charge in [-0.15, -0.1) is 0 Å². The highest BCUT2D eigenvalue weighted by Gasteiger charge is 2.48. The van der Waals surface area contributed by atoms with Gasteiger partial charge in [0.2, 0.25) is 5.91 Å². The number of primary amides is 1. The molecule has 2 saturated carbocycles. The molecule has 1 saturated heterocycles. The highest BCUT2D eigenvalue weighted by Crippen LogP contribution is 2.37. The quantitative estimate of drug-likeness (QED) is 0.775. The average molecular weight is 281 g/mol. The third-order valence-corrected chi connectivity index (χ3v) is 5.34. The number of nitrogens with zero attached hydrogens (tertiary/aromatic N) is 1. The first-order chi connectivity index (χ1) is 9.63. The molecule has 2 aliphatic carbocycles. The number of nitrogens with one attached hydrogen (secondary N) is 1. The molecule has 0 aromatic heterocycles. The van der Waals surface area contributed by atoms with Gasteiger partial charge in [0, 0.05) is 32.3 Å². The maximum Gasteiger partial charge on any atom is 0.237 e. The maximum atomic E-state index is 11.9. The summed E-state index contributed by atoms with van der Waals surface area (Å²) in [6.07, 6.45) is 7.87. The third kappa shape index (κ3) is 2.85. The van der Waals surface area contributed by atoms with Gasteiger partial charge in [0.25, 0.3) is 0 Å². The molecule has 3 N–H and O–H groups in total. The topological polar surface area (TPSA) is 67.6 Å². The van der Waals surface area contributed by atoms with Crippen LogP contribution in [0.2, 0.25) is 0 Å². The summed E-state index contributed by atoms with van der Waals surface area (Å²) in [6.45, 7) is 2.17. The first-order valence-corrected chi connectivity index (χ1v) is 7.97. The monoisotopic (exact) mass is 281 g/mol. The first kappa shape index (κ1) is 14.3. The lowest BCUT2D eigenvalue weighted by Crippen LogP contribution is -2.55. The van der Waals surface area contributed by atoms with Crippen molar-refractivity contribution in [2.45, 2.75) is 68.7 Å². The molecule has 2 unspecified atom stereocenters. The van der Waals surface area contributed by atoms with Crippen LogP contribution in [0.25, 0.3) is 0 Å². The van der Waals surface area contributed by atoms with E-state index in [0.29, 0.717) is 18.2 Å². The van der Waals surface area contributed by atoms with E-state index in [4.69, 9.17) is 10.5 Å². The molecule has 20 heavy (non-hydrogen) atoms. The number of rotatable bonds is 5. The number of carbonyl (C=O) groups excluding carboxylic acids is 1. The van der Waals surface area contributed by atoms with Crippen molar-refractivity contribution in [1.29, 1.82) is 0 Å². The molecule has 0 spiro atoms. The van der Waals surface area contributed by atoms with Crippen LogP contribution >= 0.6 is 0 Å². The van der Waals surface area contributed by atoms with Crippen molar-refractivity contribution >= 4 is 5.91 Å². The number of ether oxygens (including phenoxy) is 1. The van der Waals surface area contributed by atoms with Crippen LogP contribution in [0, 0.1) is 0 Å². The molecule has 1 aliphatic heterocycles. The minimum absolute atomic E-state index is 0.154. The number of hydrogen-bond acceptors (Lipinski definition) is 4. The molecule has 1 heterocycles. The van der Waals surface area contributed by atoms with Gasteiger partial charge in [0.05, 0.1) is 11.6 Å². The maximum absolute atomic E-state index is 11.9. The van der Waals surface area contributed by atoms with E-state index in [1.54, 1.807) is 7.11 Å². The molecule has 114 valence electrons. The van der Waals surface area contributed by atoms with E-state index in [0.717, 1.165) is 45.2 Å². The van der Waals surface area contributed by atoms with E-state index < -0.39 is 5.54 Å². The molecule has 2 atom stereocenters. The fourth-order valence-corrected chi connectivity index (χ4v) is 3.85. The second-order valence-electron chi connectivity index (χ2n) is 6.73. The van der Waals surface area contributed by atoms with Crippen LogP contribution in [-0.2, 0) is 9.53 Å². The number of nitrogens with two attached hydrogens (primary N) is 1. The van der Waals surface area contributed by atoms with Gasteiger partial charge in [-0.05, 0) is 44.9 Å². The second kappa shape index (κ2) is 5.62. The van der Waals surface area contributed by atoms with Gasteiger partial charge in [0.15, 0.2) is 0 Å². The molecule has 1 amide bonds. The lowest BCUT2D eigenvalue weighted by Gasteiger charge is -2.36. The van der Waals surface area contributed by atoms with Crippen LogP contribution in [0.1, 0.15) is 44.9 Å². The molecular weight excluding hydrogens is 254 g/mol. The van der Waals surface area contributed by atoms with Crippen molar-refractivity contribution in [3.63, 3.8) is 0 Å². The molecule has 0 bridgehead atoms. The molecular formula is C15H27N3O2. The molecule has 5 heteroatoms. The Kier molecular flexibility index (Phi) is 4.02. The number of carbonyl (C=O) groups is 1. The number of likely N-dealkylation sites (tertiary alicyclic amines) is 1. The number of methoxy groups -OCH3 is 1. The molecule has 0 aromatic carbocycles. The Morgan fingerprint density at radius 1 is 1.25 bits per heavy atom. The fraction of sp³-hybridized carbons (Fsp3) is 0.933. The van der Waals surface area contributed by atoms with E-state index in [-0.39, 0.29) is 5.91 Å². The smallest absolute Gasteiger partial charge is 0.237 e. The summed E-state index contributed by atoms with van der Waals surface area (Å²) in [4.78, 5) is 14.5. The Morgan fingerprint density at radius 2 is 1.95 bits per heavy atom. The van der Waals surface area contributed by atoms with E-state index in [2.05, 4.69) is 10.2 Å². The average Bonchev–Trinajstić information content (AvgIpc) is 3.15. The molecule has 0 radical (unpaired) electrons. The summed E-state index contributed by atoms with van der Waals surface area (Å²) < 4.78 is 5.43. The van der Waals surface area contributed by atoms with Gasteiger partial charge < -0.3 is 20.7 Å². The molecule has 0 aromatic rings. The Hall–Kier alpha value is -0.650. The molecule has 5 nitrogen and oxygen atoms in total. The van der Waals surface area contributed by atoms with E-state index in [1.165, 1.54) is 12.8 Å². The number of hydrogen-bond donors (Lipinski definition) is 2. The highest BCUT2D eigenvalue weighted by molar-refractivity contribution is 5.85. The van der Waals surface area contributed by atoms with E-state index in [9.17, 15) is 4.79 Å². The summed E-state index contributed by atoms with van der Waals surface area (Å²) in [7, 11) is 1.80. The van der Waals surface area contributed by atoms with Gasteiger partial charge in [-0.2, -0.15) is 0 Å². The van der Waals surface area contributed by atoms with Gasteiger partial charge in [-0.3, -0.25) is 4.79 Å². The zero-order valence-electron chi connectivity index (χ0n) is 12.4. The Balaban J connectivity index is 1.58. The predicted molar refractivity (Wildman–Crippen MR) is 77.3 cm³/mol. The summed E-state index contributed by atoms with van der Waals surface area (Å²) in [5.74, 6) is -0.154. The SMILES string of the molecule is COC1CCN(C2CCC(NC3CC3)(C(N)=O)C2)CC1. The van der Waals surface area contributed by atoms with Gasteiger partial charge in [0.1, 0.15) is 0 Å². The largest absolute Gasteiger partial charge is 0.381 e. The van der Waals surface area contributed by atoms with Gasteiger partial charge >= 0.3 is 0 Å². The Bertz CT molecular complexity index is 364. The van der Waals surface area contributed by atoms with Crippen LogP contribution in [-0.4, -0.2) is 54.7 Å². The van der Waals surface area contributed by atoms with Crippen molar-refractivity contribution in [1.82, 2.24) is 10.2 Å². The van der Waals surface area contributed by atoms with Crippen molar-refractivity contribution in [3.8, 4) is 0 Å². The summed E-state index contributed by atoms with van der Waals surface area (Å²) in [5.41, 5.74) is 5.26. The van der Waals surface area contributed by atoms with Gasteiger partial charge in [-0.1, -0.05) is 0 Å².